The van der Waals surface area contributed by atoms with Crippen LogP contribution >= 0.6 is 0 Å². The maximum absolute atomic E-state index is 13.6. The molecule has 0 saturated carbocycles. The number of nitrogens with two attached hydrogens (primary N) is 1. The van der Waals surface area contributed by atoms with Gasteiger partial charge in [0.2, 0.25) is 0 Å². The fraction of sp³-hybridized carbons (Fsp3) is 0.0714. The van der Waals surface area contributed by atoms with Gasteiger partial charge in [-0.05, 0) is 36.8 Å². The van der Waals surface area contributed by atoms with Gasteiger partial charge >= 0.3 is 0 Å². The topological polar surface area (TPSA) is 59.0 Å². The van der Waals surface area contributed by atoms with Crippen LogP contribution in [0.4, 0.5) is 10.1 Å². The molecule has 0 aliphatic rings. The summed E-state index contributed by atoms with van der Waals surface area (Å²) in [5, 5.41) is 8.96. The van der Waals surface area contributed by atoms with Gasteiger partial charge in [0.1, 0.15) is 11.8 Å². The molecule has 0 aromatic heterocycles. The molecule has 0 amide bonds. The standard InChI is InChI=1S/C14H11FN2O/c1-9-2-3-10(8-16)14(6-9)18-13-5-4-11(17)7-12(13)15/h2-7H,17H2,1H3. The van der Waals surface area contributed by atoms with E-state index in [-0.39, 0.29) is 5.75 Å². The molecular formula is C14H11FN2O. The van der Waals surface area contributed by atoms with E-state index in [1.54, 1.807) is 24.3 Å². The van der Waals surface area contributed by atoms with Crippen molar-refractivity contribution in [3.8, 4) is 17.6 Å². The summed E-state index contributed by atoms with van der Waals surface area (Å²) in [7, 11) is 0. The minimum absolute atomic E-state index is 0.0475. The smallest absolute Gasteiger partial charge is 0.167 e. The summed E-state index contributed by atoms with van der Waals surface area (Å²) in [5.41, 5.74) is 7.07. The number of benzene rings is 2. The van der Waals surface area contributed by atoms with Crippen molar-refractivity contribution in [2.75, 3.05) is 5.73 Å². The highest BCUT2D eigenvalue weighted by Gasteiger charge is 2.09. The van der Waals surface area contributed by atoms with Gasteiger partial charge in [-0.2, -0.15) is 5.26 Å². The summed E-state index contributed by atoms with van der Waals surface area (Å²) in [5.74, 6) is -0.173. The number of rotatable bonds is 2. The minimum Gasteiger partial charge on any atom is -0.453 e. The van der Waals surface area contributed by atoms with Gasteiger partial charge in [-0.3, -0.25) is 0 Å². The van der Waals surface area contributed by atoms with Crippen molar-refractivity contribution in [1.29, 1.82) is 5.26 Å². The van der Waals surface area contributed by atoms with Crippen molar-refractivity contribution in [3.05, 3.63) is 53.3 Å². The van der Waals surface area contributed by atoms with E-state index in [9.17, 15) is 4.39 Å². The van der Waals surface area contributed by atoms with E-state index in [0.717, 1.165) is 5.56 Å². The van der Waals surface area contributed by atoms with Crippen LogP contribution in [-0.2, 0) is 0 Å². The van der Waals surface area contributed by atoms with E-state index >= 15 is 0 Å². The molecule has 0 radical (unpaired) electrons. The fourth-order valence-corrected chi connectivity index (χ4v) is 1.52. The average molecular weight is 242 g/mol. The largest absolute Gasteiger partial charge is 0.453 e. The molecule has 2 rings (SSSR count). The Balaban J connectivity index is 2.40. The molecule has 0 atom stereocenters. The Hall–Kier alpha value is -2.54. The predicted molar refractivity (Wildman–Crippen MR) is 66.8 cm³/mol. The van der Waals surface area contributed by atoms with E-state index in [0.29, 0.717) is 17.0 Å². The van der Waals surface area contributed by atoms with Gasteiger partial charge in [0, 0.05) is 11.8 Å². The predicted octanol–water partition coefficient (Wildman–Crippen LogP) is 3.38. The number of halogens is 1. The zero-order chi connectivity index (χ0) is 13.1. The number of hydrogen-bond acceptors (Lipinski definition) is 3. The molecule has 2 aromatic carbocycles. The number of nitrogen functional groups attached to an aromatic ring is 1. The van der Waals surface area contributed by atoms with E-state index in [4.69, 9.17) is 15.7 Å². The molecule has 18 heavy (non-hydrogen) atoms. The highest BCUT2D eigenvalue weighted by Crippen LogP contribution is 2.28. The Morgan fingerprint density at radius 1 is 1.17 bits per heavy atom. The Bertz CT molecular complexity index is 632. The zero-order valence-electron chi connectivity index (χ0n) is 9.77. The molecule has 0 saturated heterocycles. The maximum Gasteiger partial charge on any atom is 0.167 e. The third-order valence-electron chi connectivity index (χ3n) is 2.43. The third kappa shape index (κ3) is 2.41. The van der Waals surface area contributed by atoms with Crippen LogP contribution in [0.25, 0.3) is 0 Å². The maximum atomic E-state index is 13.6. The third-order valence-corrected chi connectivity index (χ3v) is 2.43. The second kappa shape index (κ2) is 4.76. The fourth-order valence-electron chi connectivity index (χ4n) is 1.52. The van der Waals surface area contributed by atoms with E-state index in [1.807, 2.05) is 13.0 Å². The molecule has 0 aliphatic carbocycles. The Morgan fingerprint density at radius 3 is 2.61 bits per heavy atom. The van der Waals surface area contributed by atoms with Crippen LogP contribution in [0, 0.1) is 24.1 Å². The molecule has 0 heterocycles. The molecule has 0 fully saturated rings. The van der Waals surface area contributed by atoms with Crippen molar-refractivity contribution < 1.29 is 9.13 Å². The SMILES string of the molecule is Cc1ccc(C#N)c(Oc2ccc(N)cc2F)c1. The lowest BCUT2D eigenvalue weighted by atomic mass is 10.1. The van der Waals surface area contributed by atoms with Crippen molar-refractivity contribution in [2.45, 2.75) is 6.92 Å². The molecule has 0 aliphatic heterocycles. The van der Waals surface area contributed by atoms with E-state index in [2.05, 4.69) is 0 Å². The summed E-state index contributed by atoms with van der Waals surface area (Å²) in [6.45, 7) is 1.87. The second-order valence-corrected chi connectivity index (χ2v) is 3.90. The summed E-state index contributed by atoms with van der Waals surface area (Å²) >= 11 is 0. The van der Waals surface area contributed by atoms with Crippen LogP contribution in [0.1, 0.15) is 11.1 Å². The first-order chi connectivity index (χ1) is 8.60. The van der Waals surface area contributed by atoms with Gasteiger partial charge in [-0.1, -0.05) is 6.07 Å². The summed E-state index contributed by atoms with van der Waals surface area (Å²) in [6.07, 6.45) is 0. The van der Waals surface area contributed by atoms with Gasteiger partial charge in [0.15, 0.2) is 11.6 Å². The van der Waals surface area contributed by atoms with Crippen molar-refractivity contribution in [2.24, 2.45) is 0 Å². The summed E-state index contributed by atoms with van der Waals surface area (Å²) < 4.78 is 19.0. The Morgan fingerprint density at radius 2 is 1.94 bits per heavy atom. The molecule has 90 valence electrons. The van der Waals surface area contributed by atoms with Crippen molar-refractivity contribution >= 4 is 5.69 Å². The highest BCUT2D eigenvalue weighted by molar-refractivity contribution is 5.49. The Kier molecular flexibility index (Phi) is 3.16. The van der Waals surface area contributed by atoms with Gasteiger partial charge in [0.05, 0.1) is 5.56 Å². The van der Waals surface area contributed by atoms with Gasteiger partial charge in [-0.25, -0.2) is 4.39 Å². The molecule has 0 unspecified atom stereocenters. The average Bonchev–Trinajstić information content (AvgIpc) is 2.33. The number of anilines is 1. The van der Waals surface area contributed by atoms with Gasteiger partial charge in [-0.15, -0.1) is 0 Å². The lowest BCUT2D eigenvalue weighted by Gasteiger charge is -2.09. The molecule has 4 heteroatoms. The first-order valence-corrected chi connectivity index (χ1v) is 5.34. The molecular weight excluding hydrogens is 231 g/mol. The summed E-state index contributed by atoms with van der Waals surface area (Å²) in [6, 6.07) is 11.3. The molecule has 0 spiro atoms. The summed E-state index contributed by atoms with van der Waals surface area (Å²) in [4.78, 5) is 0. The van der Waals surface area contributed by atoms with E-state index in [1.165, 1.54) is 12.1 Å². The number of hydrogen-bond donors (Lipinski definition) is 1. The lowest BCUT2D eigenvalue weighted by Crippen LogP contribution is -1.93. The molecule has 3 nitrogen and oxygen atoms in total. The lowest BCUT2D eigenvalue weighted by molar-refractivity contribution is 0.441. The number of aryl methyl sites for hydroxylation is 1. The molecule has 2 N–H and O–H groups in total. The van der Waals surface area contributed by atoms with E-state index < -0.39 is 5.82 Å². The highest BCUT2D eigenvalue weighted by atomic mass is 19.1. The van der Waals surface area contributed by atoms with Crippen LogP contribution in [0.15, 0.2) is 36.4 Å². The molecule has 0 bridgehead atoms. The number of nitriles is 1. The first kappa shape index (κ1) is 11.9. The number of nitrogens with zero attached hydrogens (tertiary/aromatic N) is 1. The normalized spacial score (nSPS) is 9.83. The van der Waals surface area contributed by atoms with Crippen LogP contribution in [0.5, 0.6) is 11.5 Å². The van der Waals surface area contributed by atoms with Crippen LogP contribution in [-0.4, -0.2) is 0 Å². The van der Waals surface area contributed by atoms with Crippen molar-refractivity contribution in [1.82, 2.24) is 0 Å². The van der Waals surface area contributed by atoms with Crippen molar-refractivity contribution in [3.63, 3.8) is 0 Å². The van der Waals surface area contributed by atoms with Crippen LogP contribution < -0.4 is 10.5 Å². The first-order valence-electron chi connectivity index (χ1n) is 5.34. The zero-order valence-corrected chi connectivity index (χ0v) is 9.77. The molecule has 2 aromatic rings. The van der Waals surface area contributed by atoms with Crippen LogP contribution in [0.3, 0.4) is 0 Å². The minimum atomic E-state index is -0.555. The monoisotopic (exact) mass is 242 g/mol. The Labute approximate surface area is 104 Å². The van der Waals surface area contributed by atoms with Crippen LogP contribution in [0.2, 0.25) is 0 Å². The van der Waals surface area contributed by atoms with Gasteiger partial charge in [0.25, 0.3) is 0 Å². The van der Waals surface area contributed by atoms with Gasteiger partial charge < -0.3 is 10.5 Å². The quantitative estimate of drug-likeness (QED) is 0.821. The second-order valence-electron chi connectivity index (χ2n) is 3.90. The number of ether oxygens (including phenoxy) is 1.